The van der Waals surface area contributed by atoms with Crippen molar-refractivity contribution in [3.63, 3.8) is 0 Å². The number of benzene rings is 1. The average Bonchev–Trinajstić information content (AvgIpc) is 2.60. The van der Waals surface area contributed by atoms with Crippen molar-refractivity contribution in [3.8, 4) is 5.75 Å². The van der Waals surface area contributed by atoms with E-state index in [0.717, 1.165) is 0 Å². The van der Waals surface area contributed by atoms with Gasteiger partial charge in [0, 0.05) is 25.1 Å². The van der Waals surface area contributed by atoms with Crippen molar-refractivity contribution in [2.45, 2.75) is 0 Å². The maximum atomic E-state index is 11.6. The predicted molar refractivity (Wildman–Crippen MR) is 94.9 cm³/mol. The molecule has 9 heteroatoms. The smallest absolute Gasteiger partial charge is 0.254 e. The molecule has 0 aliphatic heterocycles. The Morgan fingerprint density at radius 1 is 1.36 bits per heavy atom. The van der Waals surface area contributed by atoms with Crippen molar-refractivity contribution < 1.29 is 14.3 Å². The molecule has 2 rings (SSSR count). The number of nitrogens with zero attached hydrogens (tertiary/aromatic N) is 2. The highest BCUT2D eigenvalue weighted by molar-refractivity contribution is 5.98. The number of primary amides is 1. The van der Waals surface area contributed by atoms with Crippen LogP contribution < -0.4 is 21.1 Å². The normalized spacial score (nSPS) is 10.2. The molecule has 0 bridgehead atoms. The molecule has 0 spiro atoms. The van der Waals surface area contributed by atoms with Crippen LogP contribution in [-0.2, 0) is 4.74 Å². The van der Waals surface area contributed by atoms with E-state index in [1.165, 1.54) is 13.3 Å². The summed E-state index contributed by atoms with van der Waals surface area (Å²) < 4.78 is 10.0. The summed E-state index contributed by atoms with van der Waals surface area (Å²) in [4.78, 5) is 19.9. The molecule has 1 amide bonds. The van der Waals surface area contributed by atoms with Crippen LogP contribution in [0.2, 0.25) is 0 Å². The summed E-state index contributed by atoms with van der Waals surface area (Å²) >= 11 is 0. The van der Waals surface area contributed by atoms with Crippen LogP contribution in [0.5, 0.6) is 5.75 Å². The fraction of sp³-hybridized carbons (Fsp3) is 0.250. The third-order valence-corrected chi connectivity index (χ3v) is 3.17. The minimum Gasteiger partial charge on any atom is -0.497 e. The van der Waals surface area contributed by atoms with Gasteiger partial charge < -0.3 is 31.3 Å². The summed E-state index contributed by atoms with van der Waals surface area (Å²) in [5.74, 6) is 0.530. The average molecular weight is 344 g/mol. The van der Waals surface area contributed by atoms with Gasteiger partial charge in [-0.2, -0.15) is 4.98 Å². The number of nitrogens with one attached hydrogen (secondary N) is 3. The fourth-order valence-electron chi connectivity index (χ4n) is 1.99. The number of carbonyl (C=O) groups excluding carboxylic acids is 1. The van der Waals surface area contributed by atoms with Gasteiger partial charge in [0.25, 0.3) is 5.91 Å². The number of anilines is 3. The van der Waals surface area contributed by atoms with Crippen LogP contribution in [0.3, 0.4) is 0 Å². The minimum atomic E-state index is -0.649. The number of nitrogens with two attached hydrogens (primary N) is 1. The van der Waals surface area contributed by atoms with Crippen molar-refractivity contribution in [3.05, 3.63) is 36.0 Å². The summed E-state index contributed by atoms with van der Waals surface area (Å²) in [5, 5.41) is 13.6. The van der Waals surface area contributed by atoms with Crippen LogP contribution >= 0.6 is 0 Å². The number of ether oxygens (including phenoxy) is 2. The zero-order chi connectivity index (χ0) is 18.2. The second kappa shape index (κ2) is 8.60. The van der Waals surface area contributed by atoms with E-state index in [2.05, 4.69) is 20.6 Å². The number of rotatable bonds is 9. The minimum absolute atomic E-state index is 0.153. The van der Waals surface area contributed by atoms with Crippen LogP contribution in [0.15, 0.2) is 30.5 Å². The number of hydrogen-bond acceptors (Lipinski definition) is 8. The zero-order valence-corrected chi connectivity index (χ0v) is 14.0. The Labute approximate surface area is 145 Å². The topological polar surface area (TPSA) is 135 Å². The third kappa shape index (κ3) is 5.15. The quantitative estimate of drug-likeness (QED) is 0.505. The molecule has 0 atom stereocenters. The molecule has 0 saturated carbocycles. The Morgan fingerprint density at radius 2 is 2.16 bits per heavy atom. The lowest BCUT2D eigenvalue weighted by Gasteiger charge is -2.12. The molecule has 5 N–H and O–H groups in total. The zero-order valence-electron chi connectivity index (χ0n) is 14.0. The van der Waals surface area contributed by atoms with Gasteiger partial charge in [-0.25, -0.2) is 4.98 Å². The number of amides is 1. The van der Waals surface area contributed by atoms with E-state index in [4.69, 9.17) is 20.6 Å². The molecule has 0 aliphatic carbocycles. The molecule has 132 valence electrons. The Kier molecular flexibility index (Phi) is 6.24. The molecule has 1 aromatic carbocycles. The highest BCUT2D eigenvalue weighted by Gasteiger charge is 2.13. The van der Waals surface area contributed by atoms with Crippen LogP contribution in [0.25, 0.3) is 0 Å². The van der Waals surface area contributed by atoms with Gasteiger partial charge in [0.15, 0.2) is 0 Å². The summed E-state index contributed by atoms with van der Waals surface area (Å²) in [6.07, 6.45) is 1.33. The van der Waals surface area contributed by atoms with Gasteiger partial charge in [-0.1, -0.05) is 6.07 Å². The van der Waals surface area contributed by atoms with E-state index in [0.29, 0.717) is 17.1 Å². The van der Waals surface area contributed by atoms with Crippen molar-refractivity contribution in [1.29, 1.82) is 5.41 Å². The molecule has 1 aromatic heterocycles. The molecule has 0 fully saturated rings. The maximum Gasteiger partial charge on any atom is 0.254 e. The molecule has 25 heavy (non-hydrogen) atoms. The Bertz CT molecular complexity index is 765. The predicted octanol–water partition coefficient (Wildman–Crippen LogP) is 1.41. The van der Waals surface area contributed by atoms with Gasteiger partial charge in [-0.15, -0.1) is 0 Å². The number of carbonyl (C=O) groups is 1. The summed E-state index contributed by atoms with van der Waals surface area (Å²) in [6, 6.07) is 7.16. The fourth-order valence-corrected chi connectivity index (χ4v) is 1.99. The van der Waals surface area contributed by atoms with Crippen molar-refractivity contribution in [2.24, 2.45) is 5.73 Å². The highest BCUT2D eigenvalue weighted by atomic mass is 16.5. The summed E-state index contributed by atoms with van der Waals surface area (Å²) in [7, 11) is 3.08. The Morgan fingerprint density at radius 3 is 2.84 bits per heavy atom. The molecule has 9 nitrogen and oxygen atoms in total. The first-order valence-corrected chi connectivity index (χ1v) is 7.40. The largest absolute Gasteiger partial charge is 0.497 e. The molecule has 1 heterocycles. The Hall–Kier alpha value is -3.20. The lowest BCUT2D eigenvalue weighted by Crippen LogP contribution is -2.20. The first-order chi connectivity index (χ1) is 12.0. The van der Waals surface area contributed by atoms with Gasteiger partial charge in [-0.05, 0) is 12.1 Å². The van der Waals surface area contributed by atoms with Crippen molar-refractivity contribution in [1.82, 2.24) is 9.97 Å². The molecule has 0 aliphatic rings. The van der Waals surface area contributed by atoms with E-state index in [9.17, 15) is 4.79 Å². The van der Waals surface area contributed by atoms with Crippen molar-refractivity contribution in [2.75, 3.05) is 38.0 Å². The molecular formula is C16H20N6O3. The van der Waals surface area contributed by atoms with Crippen LogP contribution in [-0.4, -0.2) is 49.0 Å². The monoisotopic (exact) mass is 344 g/mol. The van der Waals surface area contributed by atoms with Gasteiger partial charge in [-0.3, -0.25) is 4.79 Å². The van der Waals surface area contributed by atoms with Gasteiger partial charge in [0.05, 0.1) is 26.0 Å². The molecule has 0 saturated heterocycles. The number of aromatic nitrogens is 2. The third-order valence-electron chi connectivity index (χ3n) is 3.17. The molecule has 0 radical (unpaired) electrons. The van der Waals surface area contributed by atoms with Crippen LogP contribution in [0.1, 0.15) is 10.4 Å². The standard InChI is InChI=1S/C16H20N6O3/c1-24-9-10(17)7-19-16-20-8-13(14(18)23)15(22-16)21-11-4-3-5-12(6-11)25-2/h3-6,8,17H,7,9H2,1-2H3,(H2,18,23)(H2,19,20,21,22). The second-order valence-electron chi connectivity index (χ2n) is 5.07. The van der Waals surface area contributed by atoms with E-state index >= 15 is 0 Å². The lowest BCUT2D eigenvalue weighted by molar-refractivity contribution is 0.100. The lowest BCUT2D eigenvalue weighted by atomic mass is 10.2. The summed E-state index contributed by atoms with van der Waals surface area (Å²) in [5.41, 5.74) is 6.55. The second-order valence-corrected chi connectivity index (χ2v) is 5.07. The SMILES string of the molecule is COCC(=N)CNc1ncc(C(N)=O)c(Nc2cccc(OC)c2)n1. The van der Waals surface area contributed by atoms with Crippen LogP contribution in [0, 0.1) is 5.41 Å². The van der Waals surface area contributed by atoms with E-state index in [1.54, 1.807) is 31.4 Å². The van der Waals surface area contributed by atoms with Gasteiger partial charge >= 0.3 is 0 Å². The Balaban J connectivity index is 2.22. The first-order valence-electron chi connectivity index (χ1n) is 7.40. The molecular weight excluding hydrogens is 324 g/mol. The number of methoxy groups -OCH3 is 2. The van der Waals surface area contributed by atoms with Crippen molar-refractivity contribution >= 4 is 29.1 Å². The van der Waals surface area contributed by atoms with Gasteiger partial charge in [0.1, 0.15) is 17.1 Å². The molecule has 2 aromatic rings. The van der Waals surface area contributed by atoms with E-state index < -0.39 is 5.91 Å². The summed E-state index contributed by atoms with van der Waals surface area (Å²) in [6.45, 7) is 0.434. The first kappa shape index (κ1) is 18.1. The van der Waals surface area contributed by atoms with E-state index in [1.807, 2.05) is 0 Å². The highest BCUT2D eigenvalue weighted by Crippen LogP contribution is 2.23. The number of hydrogen-bond donors (Lipinski definition) is 4. The maximum absolute atomic E-state index is 11.6. The van der Waals surface area contributed by atoms with Crippen LogP contribution in [0.4, 0.5) is 17.5 Å². The van der Waals surface area contributed by atoms with E-state index in [-0.39, 0.29) is 30.5 Å². The van der Waals surface area contributed by atoms with Gasteiger partial charge in [0.2, 0.25) is 5.95 Å². The molecule has 0 unspecified atom stereocenters.